The van der Waals surface area contributed by atoms with Crippen molar-refractivity contribution in [2.75, 3.05) is 6.54 Å². The largest absolute Gasteiger partial charge is 0.481 e. The second-order valence-corrected chi connectivity index (χ2v) is 20.3. The number of aryl methyl sites for hydroxylation is 3. The molecule has 2 aliphatic rings. The molecular formula is C50H51N9O6S2. The summed E-state index contributed by atoms with van der Waals surface area (Å²) in [5, 5.41) is 46.4. The second-order valence-electron chi connectivity index (χ2n) is 18.2. The topological polar surface area (TPSA) is 216 Å². The summed E-state index contributed by atoms with van der Waals surface area (Å²) in [7, 11) is 0. The Morgan fingerprint density at radius 2 is 1.63 bits per heavy atom. The molecule has 344 valence electrons. The predicted molar refractivity (Wildman–Crippen MR) is 256 cm³/mol. The number of thiophene rings is 1. The van der Waals surface area contributed by atoms with Gasteiger partial charge < -0.3 is 25.7 Å². The number of aliphatic hydroxyl groups excluding tert-OH is 1. The summed E-state index contributed by atoms with van der Waals surface area (Å²) < 4.78 is 1.90. The van der Waals surface area contributed by atoms with Gasteiger partial charge in [0.15, 0.2) is 5.82 Å². The number of nitrogens with zero attached hydrogens (tertiary/aromatic N) is 7. The molecule has 6 aromatic rings. The van der Waals surface area contributed by atoms with Crippen LogP contribution in [0.15, 0.2) is 77.2 Å². The molecule has 0 bridgehead atoms. The fourth-order valence-corrected chi connectivity index (χ4v) is 10.8. The van der Waals surface area contributed by atoms with Crippen molar-refractivity contribution in [2.45, 2.75) is 98.5 Å². The molecule has 5 heterocycles. The van der Waals surface area contributed by atoms with Crippen molar-refractivity contribution in [3.63, 3.8) is 0 Å². The molecular weight excluding hydrogens is 887 g/mol. The van der Waals surface area contributed by atoms with Crippen LogP contribution in [0.5, 0.6) is 0 Å². The molecule has 2 unspecified atom stereocenters. The van der Waals surface area contributed by atoms with E-state index in [-0.39, 0.29) is 30.5 Å². The van der Waals surface area contributed by atoms with Crippen LogP contribution < -0.4 is 10.6 Å². The summed E-state index contributed by atoms with van der Waals surface area (Å²) in [5.74, 6) is -1.41. The number of likely N-dealkylation sites (tertiary alicyclic amines) is 1. The lowest BCUT2D eigenvalue weighted by Crippen LogP contribution is -2.57. The molecule has 4 N–H and O–H groups in total. The Hall–Kier alpha value is -6.87. The molecule has 1 fully saturated rings. The SMILES string of the molecule is Cc1ncsc1-c1ccc(C(C)NC(=O)[C@@H]2C[C@@H](O)CN2C(=O)C(NC(=O)c2ccc(-c3ccc(C4=N[C@@H](CC(=O)O)c5nnc(C)n5-c5sc(C)c(C)c54)cc3)c(C#N)c2)C(C)(C)C)cc1. The second kappa shape index (κ2) is 18.4. The summed E-state index contributed by atoms with van der Waals surface area (Å²) >= 11 is 3.13. The molecule has 0 saturated carbocycles. The third kappa shape index (κ3) is 9.16. The number of aliphatic hydroxyl groups is 1. The van der Waals surface area contributed by atoms with Crippen molar-refractivity contribution >= 4 is 52.1 Å². The first-order valence-corrected chi connectivity index (χ1v) is 23.6. The molecule has 5 atom stereocenters. The molecule has 67 heavy (non-hydrogen) atoms. The van der Waals surface area contributed by atoms with E-state index >= 15 is 0 Å². The summed E-state index contributed by atoms with van der Waals surface area (Å²) in [4.78, 5) is 67.1. The zero-order valence-electron chi connectivity index (χ0n) is 38.4. The average molecular weight is 938 g/mol. The van der Waals surface area contributed by atoms with E-state index < -0.39 is 59.4 Å². The number of carbonyl (C=O) groups excluding carboxylic acids is 3. The number of amides is 3. The molecule has 2 aliphatic heterocycles. The lowest BCUT2D eigenvalue weighted by molar-refractivity contribution is -0.142. The Kier molecular flexibility index (Phi) is 12.8. The maximum absolute atomic E-state index is 14.4. The Balaban J connectivity index is 0.996. The van der Waals surface area contributed by atoms with Gasteiger partial charge in [0.25, 0.3) is 5.91 Å². The zero-order valence-corrected chi connectivity index (χ0v) is 40.0. The molecule has 0 radical (unpaired) electrons. The number of aromatic nitrogens is 4. The van der Waals surface area contributed by atoms with E-state index in [0.717, 1.165) is 48.3 Å². The monoisotopic (exact) mass is 937 g/mol. The van der Waals surface area contributed by atoms with Gasteiger partial charge in [-0.2, -0.15) is 5.26 Å². The van der Waals surface area contributed by atoms with Crippen LogP contribution in [0.25, 0.3) is 26.6 Å². The van der Waals surface area contributed by atoms with E-state index in [1.54, 1.807) is 40.3 Å². The predicted octanol–water partition coefficient (Wildman–Crippen LogP) is 7.58. The number of carboxylic acid groups (broad SMARTS) is 1. The smallest absolute Gasteiger partial charge is 0.306 e. The van der Waals surface area contributed by atoms with Gasteiger partial charge in [0, 0.05) is 34.5 Å². The van der Waals surface area contributed by atoms with Crippen LogP contribution in [0.1, 0.15) is 113 Å². The summed E-state index contributed by atoms with van der Waals surface area (Å²) in [5.41, 5.74) is 8.79. The van der Waals surface area contributed by atoms with Gasteiger partial charge in [0.05, 0.1) is 52.0 Å². The number of carbonyl (C=O) groups is 4. The number of hydrogen-bond acceptors (Lipinski definition) is 12. The number of benzene rings is 3. The van der Waals surface area contributed by atoms with Crippen LogP contribution in [0, 0.1) is 44.4 Å². The summed E-state index contributed by atoms with van der Waals surface area (Å²) in [6.07, 6.45) is -1.16. The minimum Gasteiger partial charge on any atom is -0.481 e. The van der Waals surface area contributed by atoms with Crippen LogP contribution >= 0.6 is 22.7 Å². The van der Waals surface area contributed by atoms with E-state index in [0.29, 0.717) is 28.5 Å². The van der Waals surface area contributed by atoms with Gasteiger partial charge in [-0.15, -0.1) is 32.9 Å². The number of aliphatic carboxylic acids is 1. The Morgan fingerprint density at radius 1 is 0.940 bits per heavy atom. The first-order valence-electron chi connectivity index (χ1n) is 21.9. The van der Waals surface area contributed by atoms with E-state index in [4.69, 9.17) is 4.99 Å². The van der Waals surface area contributed by atoms with Crippen molar-refractivity contribution in [3.8, 4) is 32.6 Å². The van der Waals surface area contributed by atoms with E-state index in [9.17, 15) is 34.7 Å². The molecule has 17 heteroatoms. The van der Waals surface area contributed by atoms with Crippen LogP contribution in [0.3, 0.4) is 0 Å². The standard InChI is InChI=1S/C50H51N9O6S2/c1-25-28(4)67-49-41(25)42(54-38(21-40(61)62)45-57-56-29(5)59(45)49)32-13-11-31(12-14-32)37-18-17-34(19-35(37)22-51)46(63)55-44(50(6,7)8)48(65)58-23-36(60)20-39(58)47(64)53-26(2)30-9-15-33(16-10-30)43-27(3)52-24-66-43/h9-19,24,26,36,38-39,44,60H,20-21,23H2,1-8H3,(H,53,64)(H,55,63)(H,61,62)/t26?,36-,38+,39+,44?/m1/s1. The molecule has 1 saturated heterocycles. The lowest BCUT2D eigenvalue weighted by atomic mass is 9.85. The quantitative estimate of drug-likeness (QED) is 0.0999. The number of carboxylic acids is 1. The van der Waals surface area contributed by atoms with Crippen molar-refractivity contribution in [1.29, 1.82) is 5.26 Å². The van der Waals surface area contributed by atoms with Crippen molar-refractivity contribution in [2.24, 2.45) is 10.4 Å². The van der Waals surface area contributed by atoms with Gasteiger partial charge in [-0.3, -0.25) is 28.7 Å². The number of thiazole rings is 1. The Morgan fingerprint density at radius 3 is 2.27 bits per heavy atom. The number of nitrogens with one attached hydrogen (secondary N) is 2. The number of rotatable bonds is 11. The summed E-state index contributed by atoms with van der Waals surface area (Å²) in [6.45, 7) is 15.1. The fraction of sp³-hybridized carbons (Fsp3) is 0.340. The number of nitriles is 1. The fourth-order valence-electron chi connectivity index (χ4n) is 8.76. The van der Waals surface area contributed by atoms with Crippen molar-refractivity contribution < 1.29 is 29.4 Å². The Labute approximate surface area is 396 Å². The van der Waals surface area contributed by atoms with Crippen molar-refractivity contribution in [3.05, 3.63) is 128 Å². The summed E-state index contributed by atoms with van der Waals surface area (Å²) in [6, 6.07) is 19.1. The number of fused-ring (bicyclic) bond motifs is 3. The maximum Gasteiger partial charge on any atom is 0.306 e. The molecule has 3 aromatic heterocycles. The molecule has 15 nitrogen and oxygen atoms in total. The van der Waals surface area contributed by atoms with E-state index in [1.807, 2.05) is 108 Å². The molecule has 0 aliphatic carbocycles. The molecule has 0 spiro atoms. The highest BCUT2D eigenvalue weighted by Crippen LogP contribution is 2.40. The molecule has 8 rings (SSSR count). The minimum atomic E-state index is -1.09. The number of aliphatic imine (C=N–C) groups is 1. The maximum atomic E-state index is 14.4. The lowest BCUT2D eigenvalue weighted by Gasteiger charge is -2.35. The highest BCUT2D eigenvalue weighted by Gasteiger charge is 2.45. The highest BCUT2D eigenvalue weighted by atomic mass is 32.1. The average Bonchev–Trinajstić information content (AvgIpc) is 4.06. The van der Waals surface area contributed by atoms with Crippen molar-refractivity contribution in [1.82, 2.24) is 35.3 Å². The highest BCUT2D eigenvalue weighted by molar-refractivity contribution is 7.15. The molecule has 3 aromatic carbocycles. The van der Waals surface area contributed by atoms with Crippen LogP contribution in [-0.2, 0) is 14.4 Å². The van der Waals surface area contributed by atoms with E-state index in [2.05, 4.69) is 31.9 Å². The Bertz CT molecular complexity index is 2990. The van der Waals surface area contributed by atoms with Gasteiger partial charge in [0.2, 0.25) is 11.8 Å². The third-order valence-corrected chi connectivity index (χ3v) is 14.7. The van der Waals surface area contributed by atoms with Crippen LogP contribution in [0.2, 0.25) is 0 Å². The number of hydrogen-bond donors (Lipinski definition) is 4. The zero-order chi connectivity index (χ0) is 48.1. The minimum absolute atomic E-state index is 0.0454. The molecule has 3 amide bonds. The van der Waals surface area contributed by atoms with E-state index in [1.165, 1.54) is 11.0 Å². The first-order chi connectivity index (χ1) is 31.8. The first kappa shape index (κ1) is 46.7. The van der Waals surface area contributed by atoms with Gasteiger partial charge >= 0.3 is 5.97 Å². The number of β-amino-alcohol motifs (C(OH)–C–C–N with tert-alkyl or cyclic N) is 1. The van der Waals surface area contributed by atoms with Gasteiger partial charge in [0.1, 0.15) is 29.0 Å². The normalized spacial score (nSPS) is 17.6. The van der Waals surface area contributed by atoms with Crippen LogP contribution in [0.4, 0.5) is 0 Å². The third-order valence-electron chi connectivity index (χ3n) is 12.5. The van der Waals surface area contributed by atoms with Crippen LogP contribution in [-0.4, -0.2) is 89.0 Å². The van der Waals surface area contributed by atoms with Gasteiger partial charge in [-0.1, -0.05) is 75.4 Å². The van der Waals surface area contributed by atoms with Gasteiger partial charge in [-0.05, 0) is 80.0 Å². The van der Waals surface area contributed by atoms with Gasteiger partial charge in [-0.25, -0.2) is 4.98 Å².